The summed E-state index contributed by atoms with van der Waals surface area (Å²) in [5.41, 5.74) is 0.708. The maximum Gasteiger partial charge on any atom is 0.411 e. The van der Waals surface area contributed by atoms with Crippen LogP contribution in [0.15, 0.2) is 24.3 Å². The van der Waals surface area contributed by atoms with Crippen LogP contribution in [0.5, 0.6) is 0 Å². The van der Waals surface area contributed by atoms with Gasteiger partial charge in [-0.2, -0.15) is 0 Å². The predicted octanol–water partition coefficient (Wildman–Crippen LogP) is 3.21. The van der Waals surface area contributed by atoms with Gasteiger partial charge in [-0.05, 0) is 25.5 Å². The summed E-state index contributed by atoms with van der Waals surface area (Å²) < 4.78 is 9.90. The lowest BCUT2D eigenvalue weighted by Crippen LogP contribution is -2.17. The Kier molecular flexibility index (Phi) is 6.43. The van der Waals surface area contributed by atoms with Crippen molar-refractivity contribution in [3.05, 3.63) is 29.8 Å². The van der Waals surface area contributed by atoms with Crippen molar-refractivity contribution in [3.8, 4) is 0 Å². The molecule has 19 heavy (non-hydrogen) atoms. The largest absolute Gasteiger partial charge is 0.462 e. The van der Waals surface area contributed by atoms with E-state index in [1.807, 2.05) is 6.92 Å². The second kappa shape index (κ2) is 8.13. The van der Waals surface area contributed by atoms with E-state index in [0.717, 1.165) is 12.8 Å². The minimum Gasteiger partial charge on any atom is -0.462 e. The summed E-state index contributed by atoms with van der Waals surface area (Å²) in [6.07, 6.45) is 1.20. The van der Waals surface area contributed by atoms with Crippen LogP contribution in [-0.2, 0) is 9.47 Å². The first kappa shape index (κ1) is 15.0. The molecular formula is C14H19NO4. The molecule has 0 heterocycles. The molecule has 0 fully saturated rings. The van der Waals surface area contributed by atoms with Crippen LogP contribution in [0.3, 0.4) is 0 Å². The number of unbranched alkanes of at least 4 members (excludes halogenated alkanes) is 1. The third kappa shape index (κ3) is 4.99. The Balaban J connectivity index is 2.67. The third-order valence-corrected chi connectivity index (χ3v) is 2.39. The Morgan fingerprint density at radius 1 is 1.16 bits per heavy atom. The molecule has 0 unspecified atom stereocenters. The second-order valence-electron chi connectivity index (χ2n) is 3.88. The van der Waals surface area contributed by atoms with Crippen LogP contribution in [-0.4, -0.2) is 25.3 Å². The lowest BCUT2D eigenvalue weighted by Gasteiger charge is -2.10. The number of ether oxygens (including phenoxy) is 2. The van der Waals surface area contributed by atoms with E-state index in [2.05, 4.69) is 5.32 Å². The fraction of sp³-hybridized carbons (Fsp3) is 0.429. The predicted molar refractivity (Wildman–Crippen MR) is 72.3 cm³/mol. The zero-order valence-electron chi connectivity index (χ0n) is 11.3. The van der Waals surface area contributed by atoms with E-state index in [1.165, 1.54) is 0 Å². The molecule has 5 heteroatoms. The zero-order valence-corrected chi connectivity index (χ0v) is 11.3. The van der Waals surface area contributed by atoms with Crippen LogP contribution in [0.2, 0.25) is 0 Å². The Bertz CT molecular complexity index is 431. The molecule has 1 N–H and O–H groups in total. The molecular weight excluding hydrogens is 246 g/mol. The molecule has 0 aliphatic carbocycles. The van der Waals surface area contributed by atoms with Crippen LogP contribution in [0.1, 0.15) is 37.0 Å². The molecule has 0 aliphatic rings. The van der Waals surface area contributed by atoms with Gasteiger partial charge in [0.25, 0.3) is 0 Å². The standard InChI is InChI=1S/C14H19NO4/c1-3-5-10-19-14(17)15-12-9-7-6-8-11(12)13(16)18-4-2/h6-9H,3-5,10H2,1-2H3,(H,15,17). The van der Waals surface area contributed by atoms with Crippen molar-refractivity contribution in [2.24, 2.45) is 0 Å². The van der Waals surface area contributed by atoms with E-state index in [1.54, 1.807) is 31.2 Å². The third-order valence-electron chi connectivity index (χ3n) is 2.39. The maximum atomic E-state index is 11.7. The van der Waals surface area contributed by atoms with Gasteiger partial charge >= 0.3 is 12.1 Å². The summed E-state index contributed by atoms with van der Waals surface area (Å²) in [4.78, 5) is 23.2. The fourth-order valence-electron chi connectivity index (χ4n) is 1.43. The Hall–Kier alpha value is -2.04. The number of nitrogens with one attached hydrogen (secondary N) is 1. The number of hydrogen-bond acceptors (Lipinski definition) is 4. The molecule has 0 saturated heterocycles. The number of anilines is 1. The monoisotopic (exact) mass is 265 g/mol. The van der Waals surface area contributed by atoms with E-state index in [9.17, 15) is 9.59 Å². The van der Waals surface area contributed by atoms with Gasteiger partial charge in [-0.1, -0.05) is 25.5 Å². The highest BCUT2D eigenvalue weighted by Crippen LogP contribution is 2.16. The molecule has 1 rings (SSSR count). The summed E-state index contributed by atoms with van der Waals surface area (Å²) in [6, 6.07) is 6.66. The average Bonchev–Trinajstić information content (AvgIpc) is 2.40. The van der Waals surface area contributed by atoms with Crippen molar-refractivity contribution < 1.29 is 19.1 Å². The Morgan fingerprint density at radius 3 is 2.58 bits per heavy atom. The summed E-state index contributed by atoms with van der Waals surface area (Å²) >= 11 is 0. The highest BCUT2D eigenvalue weighted by atomic mass is 16.5. The van der Waals surface area contributed by atoms with E-state index in [0.29, 0.717) is 17.9 Å². The summed E-state index contributed by atoms with van der Waals surface area (Å²) in [7, 11) is 0. The van der Waals surface area contributed by atoms with Crippen LogP contribution in [0.25, 0.3) is 0 Å². The van der Waals surface area contributed by atoms with E-state index in [-0.39, 0.29) is 6.61 Å². The molecule has 0 radical (unpaired) electrons. The number of esters is 1. The summed E-state index contributed by atoms with van der Waals surface area (Å²) in [5, 5.41) is 2.55. The van der Waals surface area contributed by atoms with E-state index < -0.39 is 12.1 Å². The van der Waals surface area contributed by atoms with Gasteiger partial charge in [0.15, 0.2) is 0 Å². The number of benzene rings is 1. The molecule has 0 saturated carbocycles. The number of rotatable bonds is 6. The summed E-state index contributed by atoms with van der Waals surface area (Å²) in [5.74, 6) is -0.466. The lowest BCUT2D eigenvalue weighted by molar-refractivity contribution is 0.0527. The van der Waals surface area contributed by atoms with Gasteiger partial charge in [0.05, 0.1) is 24.5 Å². The van der Waals surface area contributed by atoms with Crippen molar-refractivity contribution in [3.63, 3.8) is 0 Å². The maximum absolute atomic E-state index is 11.7. The smallest absolute Gasteiger partial charge is 0.411 e. The van der Waals surface area contributed by atoms with Gasteiger partial charge in [0.1, 0.15) is 0 Å². The van der Waals surface area contributed by atoms with Crippen molar-refractivity contribution in [2.45, 2.75) is 26.7 Å². The Morgan fingerprint density at radius 2 is 1.89 bits per heavy atom. The quantitative estimate of drug-likeness (QED) is 0.633. The minimum absolute atomic E-state index is 0.286. The molecule has 104 valence electrons. The number of carbonyl (C=O) groups excluding carboxylic acids is 2. The zero-order chi connectivity index (χ0) is 14.1. The van der Waals surface area contributed by atoms with E-state index >= 15 is 0 Å². The van der Waals surface area contributed by atoms with Gasteiger partial charge in [-0.3, -0.25) is 5.32 Å². The highest BCUT2D eigenvalue weighted by Gasteiger charge is 2.14. The second-order valence-corrected chi connectivity index (χ2v) is 3.88. The topological polar surface area (TPSA) is 64.6 Å². The van der Waals surface area contributed by atoms with Gasteiger partial charge in [0, 0.05) is 0 Å². The van der Waals surface area contributed by atoms with Gasteiger partial charge < -0.3 is 9.47 Å². The minimum atomic E-state index is -0.565. The molecule has 1 amide bonds. The van der Waals surface area contributed by atoms with Crippen LogP contribution in [0.4, 0.5) is 10.5 Å². The molecule has 0 aromatic heterocycles. The van der Waals surface area contributed by atoms with Crippen molar-refractivity contribution in [2.75, 3.05) is 18.5 Å². The van der Waals surface area contributed by atoms with Crippen molar-refractivity contribution in [1.82, 2.24) is 0 Å². The first-order valence-electron chi connectivity index (χ1n) is 6.39. The molecule has 0 bridgehead atoms. The molecule has 1 aromatic carbocycles. The van der Waals surface area contributed by atoms with Gasteiger partial charge in [-0.25, -0.2) is 9.59 Å². The lowest BCUT2D eigenvalue weighted by atomic mass is 10.2. The molecule has 1 aromatic rings. The van der Waals surface area contributed by atoms with Crippen LogP contribution < -0.4 is 5.32 Å². The number of hydrogen-bond donors (Lipinski definition) is 1. The van der Waals surface area contributed by atoms with Gasteiger partial charge in [0.2, 0.25) is 0 Å². The summed E-state index contributed by atoms with van der Waals surface area (Å²) in [6.45, 7) is 4.39. The molecule has 0 atom stereocenters. The highest BCUT2D eigenvalue weighted by molar-refractivity contribution is 5.99. The molecule has 5 nitrogen and oxygen atoms in total. The van der Waals surface area contributed by atoms with E-state index in [4.69, 9.17) is 9.47 Å². The molecule has 0 spiro atoms. The first-order valence-corrected chi connectivity index (χ1v) is 6.39. The first-order chi connectivity index (χ1) is 9.19. The van der Waals surface area contributed by atoms with Crippen molar-refractivity contribution in [1.29, 1.82) is 0 Å². The average molecular weight is 265 g/mol. The number of amides is 1. The van der Waals surface area contributed by atoms with Crippen molar-refractivity contribution >= 4 is 17.7 Å². The number of carbonyl (C=O) groups is 2. The fourth-order valence-corrected chi connectivity index (χ4v) is 1.43. The molecule has 0 aliphatic heterocycles. The van der Waals surface area contributed by atoms with Crippen LogP contribution >= 0.6 is 0 Å². The normalized spacial score (nSPS) is 9.79. The Labute approximate surface area is 112 Å². The SMILES string of the molecule is CCCCOC(=O)Nc1ccccc1C(=O)OCC. The van der Waals surface area contributed by atoms with Crippen LogP contribution in [0, 0.1) is 0 Å². The van der Waals surface area contributed by atoms with Gasteiger partial charge in [-0.15, -0.1) is 0 Å². The number of para-hydroxylation sites is 1.